The maximum absolute atomic E-state index is 13.1. The lowest BCUT2D eigenvalue weighted by atomic mass is 10.1. The van der Waals surface area contributed by atoms with Gasteiger partial charge in [0.15, 0.2) is 0 Å². The molecule has 0 atom stereocenters. The maximum Gasteiger partial charge on any atom is 0.253 e. The Morgan fingerprint density at radius 1 is 1.44 bits per heavy atom. The Labute approximate surface area is 95.0 Å². The van der Waals surface area contributed by atoms with E-state index >= 15 is 0 Å². The van der Waals surface area contributed by atoms with E-state index in [-0.39, 0.29) is 11.7 Å². The molecule has 0 fully saturated rings. The van der Waals surface area contributed by atoms with Crippen LogP contribution in [0.2, 0.25) is 0 Å². The average Bonchev–Trinajstić information content (AvgIpc) is 2.23. The van der Waals surface area contributed by atoms with Crippen LogP contribution in [0, 0.1) is 12.7 Å². The van der Waals surface area contributed by atoms with Gasteiger partial charge in [-0.2, -0.15) is 0 Å². The van der Waals surface area contributed by atoms with Crippen molar-refractivity contribution in [1.82, 2.24) is 4.90 Å². The van der Waals surface area contributed by atoms with Crippen molar-refractivity contribution < 1.29 is 9.18 Å². The Bertz CT molecular complexity index is 359. The van der Waals surface area contributed by atoms with Gasteiger partial charge in [-0.05, 0) is 43.7 Å². The Morgan fingerprint density at radius 3 is 2.69 bits per heavy atom. The van der Waals surface area contributed by atoms with Gasteiger partial charge in [0, 0.05) is 19.2 Å². The lowest BCUT2D eigenvalue weighted by Gasteiger charge is -2.16. The first-order valence-electron chi connectivity index (χ1n) is 5.27. The first kappa shape index (κ1) is 12.6. The minimum absolute atomic E-state index is 0.170. The molecule has 1 amide bonds. The monoisotopic (exact) mass is 224 g/mol. The van der Waals surface area contributed by atoms with Crippen LogP contribution in [0.4, 0.5) is 4.39 Å². The van der Waals surface area contributed by atoms with Crippen molar-refractivity contribution in [3.63, 3.8) is 0 Å². The van der Waals surface area contributed by atoms with Gasteiger partial charge in [0.05, 0.1) is 0 Å². The number of hydrogen-bond donors (Lipinski definition) is 1. The van der Waals surface area contributed by atoms with Crippen LogP contribution in [0.5, 0.6) is 0 Å². The molecule has 88 valence electrons. The van der Waals surface area contributed by atoms with Gasteiger partial charge in [0.2, 0.25) is 0 Å². The first-order valence-corrected chi connectivity index (χ1v) is 5.27. The molecule has 0 aliphatic heterocycles. The van der Waals surface area contributed by atoms with Crippen LogP contribution in [-0.2, 0) is 0 Å². The summed E-state index contributed by atoms with van der Waals surface area (Å²) in [6.07, 6.45) is 0.747. The molecule has 3 nitrogen and oxygen atoms in total. The summed E-state index contributed by atoms with van der Waals surface area (Å²) in [7, 11) is 1.69. The maximum atomic E-state index is 13.1. The van der Waals surface area contributed by atoms with Crippen LogP contribution in [0.25, 0.3) is 0 Å². The van der Waals surface area contributed by atoms with Crippen LogP contribution in [0.1, 0.15) is 22.3 Å². The fourth-order valence-electron chi connectivity index (χ4n) is 1.51. The van der Waals surface area contributed by atoms with Gasteiger partial charge < -0.3 is 10.6 Å². The lowest BCUT2D eigenvalue weighted by Crippen LogP contribution is -2.29. The van der Waals surface area contributed by atoms with E-state index in [2.05, 4.69) is 0 Å². The summed E-state index contributed by atoms with van der Waals surface area (Å²) in [6, 6.07) is 4.34. The summed E-state index contributed by atoms with van der Waals surface area (Å²) < 4.78 is 13.1. The van der Waals surface area contributed by atoms with Gasteiger partial charge in [-0.25, -0.2) is 4.39 Å². The van der Waals surface area contributed by atoms with Gasteiger partial charge in [-0.1, -0.05) is 0 Å². The molecule has 0 aliphatic carbocycles. The first-order chi connectivity index (χ1) is 7.54. The third kappa shape index (κ3) is 3.31. The molecule has 0 spiro atoms. The lowest BCUT2D eigenvalue weighted by molar-refractivity contribution is 0.0794. The molecule has 0 heterocycles. The van der Waals surface area contributed by atoms with E-state index in [4.69, 9.17) is 5.73 Å². The van der Waals surface area contributed by atoms with E-state index in [9.17, 15) is 9.18 Å². The van der Waals surface area contributed by atoms with Gasteiger partial charge in [0.25, 0.3) is 5.91 Å². The fraction of sp³-hybridized carbons (Fsp3) is 0.417. The van der Waals surface area contributed by atoms with E-state index < -0.39 is 0 Å². The van der Waals surface area contributed by atoms with E-state index in [1.54, 1.807) is 24.9 Å². The molecule has 1 aromatic carbocycles. The zero-order valence-corrected chi connectivity index (χ0v) is 9.66. The number of halogens is 1. The highest BCUT2D eigenvalue weighted by Crippen LogP contribution is 2.10. The number of carbonyl (C=O) groups excluding carboxylic acids is 1. The number of nitrogens with zero attached hydrogens (tertiary/aromatic N) is 1. The number of aryl methyl sites for hydroxylation is 1. The van der Waals surface area contributed by atoms with Crippen molar-refractivity contribution in [2.75, 3.05) is 20.1 Å². The predicted octanol–water partition coefficient (Wildman–Crippen LogP) is 1.55. The number of carbonyl (C=O) groups is 1. The SMILES string of the molecule is Cc1cc(F)cc(C(=O)N(C)CCCN)c1. The van der Waals surface area contributed by atoms with Crippen LogP contribution in [0.15, 0.2) is 18.2 Å². The van der Waals surface area contributed by atoms with E-state index in [0.717, 1.165) is 12.0 Å². The smallest absolute Gasteiger partial charge is 0.253 e. The number of rotatable bonds is 4. The molecule has 1 aromatic rings. The summed E-state index contributed by atoms with van der Waals surface area (Å²) in [5, 5.41) is 0. The molecular weight excluding hydrogens is 207 g/mol. The van der Waals surface area contributed by atoms with Crippen LogP contribution in [-0.4, -0.2) is 30.9 Å². The third-order valence-electron chi connectivity index (χ3n) is 2.33. The van der Waals surface area contributed by atoms with Crippen molar-refractivity contribution in [3.05, 3.63) is 35.1 Å². The average molecular weight is 224 g/mol. The Morgan fingerprint density at radius 2 is 2.12 bits per heavy atom. The normalized spacial score (nSPS) is 10.2. The van der Waals surface area contributed by atoms with Crippen molar-refractivity contribution in [2.45, 2.75) is 13.3 Å². The topological polar surface area (TPSA) is 46.3 Å². The highest BCUT2D eigenvalue weighted by molar-refractivity contribution is 5.94. The molecule has 0 aliphatic rings. The molecule has 1 rings (SSSR count). The molecule has 0 bridgehead atoms. The summed E-state index contributed by atoms with van der Waals surface area (Å²) >= 11 is 0. The molecule has 0 radical (unpaired) electrons. The molecule has 0 aromatic heterocycles. The van der Waals surface area contributed by atoms with Crippen molar-refractivity contribution in [2.24, 2.45) is 5.73 Å². The van der Waals surface area contributed by atoms with Gasteiger partial charge in [-0.15, -0.1) is 0 Å². The minimum atomic E-state index is -0.379. The second kappa shape index (κ2) is 5.61. The van der Waals surface area contributed by atoms with Crippen molar-refractivity contribution in [1.29, 1.82) is 0 Å². The molecule has 4 heteroatoms. The summed E-state index contributed by atoms with van der Waals surface area (Å²) in [6.45, 7) is 2.89. The number of benzene rings is 1. The van der Waals surface area contributed by atoms with Gasteiger partial charge in [-0.3, -0.25) is 4.79 Å². The molecule has 0 saturated carbocycles. The fourth-order valence-corrected chi connectivity index (χ4v) is 1.51. The van der Waals surface area contributed by atoms with Gasteiger partial charge >= 0.3 is 0 Å². The Balaban J connectivity index is 2.79. The predicted molar refractivity (Wildman–Crippen MR) is 61.8 cm³/mol. The van der Waals surface area contributed by atoms with Gasteiger partial charge in [0.1, 0.15) is 5.82 Å². The van der Waals surface area contributed by atoms with Crippen molar-refractivity contribution in [3.8, 4) is 0 Å². The quantitative estimate of drug-likeness (QED) is 0.843. The summed E-state index contributed by atoms with van der Waals surface area (Å²) in [5.41, 5.74) is 6.50. The molecule has 0 unspecified atom stereocenters. The Kier molecular flexibility index (Phi) is 4.43. The second-order valence-electron chi connectivity index (χ2n) is 3.89. The minimum Gasteiger partial charge on any atom is -0.342 e. The van der Waals surface area contributed by atoms with E-state index in [1.165, 1.54) is 12.1 Å². The zero-order valence-electron chi connectivity index (χ0n) is 9.66. The van der Waals surface area contributed by atoms with Crippen molar-refractivity contribution >= 4 is 5.91 Å². The van der Waals surface area contributed by atoms with Crippen LogP contribution in [0.3, 0.4) is 0 Å². The summed E-state index contributed by atoms with van der Waals surface area (Å²) in [4.78, 5) is 13.4. The third-order valence-corrected chi connectivity index (χ3v) is 2.33. The van der Waals surface area contributed by atoms with E-state index in [0.29, 0.717) is 18.7 Å². The summed E-state index contributed by atoms with van der Waals surface area (Å²) in [5.74, 6) is -0.549. The van der Waals surface area contributed by atoms with Crippen LogP contribution >= 0.6 is 0 Å². The number of nitrogens with two attached hydrogens (primary N) is 1. The van der Waals surface area contributed by atoms with E-state index in [1.807, 2.05) is 0 Å². The molecule has 16 heavy (non-hydrogen) atoms. The standard InChI is InChI=1S/C12H17FN2O/c1-9-6-10(8-11(13)7-9)12(16)15(2)5-3-4-14/h6-8H,3-5,14H2,1-2H3. The number of hydrogen-bond acceptors (Lipinski definition) is 2. The largest absolute Gasteiger partial charge is 0.342 e. The highest BCUT2D eigenvalue weighted by Gasteiger charge is 2.12. The van der Waals surface area contributed by atoms with Crippen LogP contribution < -0.4 is 5.73 Å². The molecule has 2 N–H and O–H groups in total. The zero-order chi connectivity index (χ0) is 12.1. The second-order valence-corrected chi connectivity index (χ2v) is 3.89. The highest BCUT2D eigenvalue weighted by atomic mass is 19.1. The molecular formula is C12H17FN2O. The number of amides is 1. The molecule has 0 saturated heterocycles. The Hall–Kier alpha value is -1.42.